The molecule has 0 aliphatic carbocycles. The van der Waals surface area contributed by atoms with Crippen molar-refractivity contribution in [2.75, 3.05) is 20.3 Å². The van der Waals surface area contributed by atoms with Crippen LogP contribution in [0.1, 0.15) is 11.1 Å². The highest BCUT2D eigenvalue weighted by molar-refractivity contribution is 7.87. The lowest BCUT2D eigenvalue weighted by Gasteiger charge is -2.20. The van der Waals surface area contributed by atoms with Crippen molar-refractivity contribution < 1.29 is 34.7 Å². The van der Waals surface area contributed by atoms with Crippen LogP contribution in [0, 0.1) is 13.8 Å². The molecule has 0 aromatic heterocycles. The molecule has 0 unspecified atom stereocenters. The Morgan fingerprint density at radius 3 is 1.47 bits per heavy atom. The Labute approximate surface area is 200 Å². The third-order valence-electron chi connectivity index (χ3n) is 4.80. The predicted molar refractivity (Wildman–Crippen MR) is 126 cm³/mol. The summed E-state index contributed by atoms with van der Waals surface area (Å²) in [5, 5.41) is 0. The molecule has 0 saturated heterocycles. The molecule has 0 radical (unpaired) electrons. The molecule has 0 heterocycles. The Balaban J connectivity index is 1.78. The minimum Gasteiger partial charge on any atom is -0.493 e. The first-order valence-corrected chi connectivity index (χ1v) is 13.1. The Morgan fingerprint density at radius 1 is 0.647 bits per heavy atom. The van der Waals surface area contributed by atoms with Gasteiger partial charge in [-0.05, 0) is 50.2 Å². The third kappa shape index (κ3) is 6.80. The van der Waals surface area contributed by atoms with Crippen molar-refractivity contribution in [2.45, 2.75) is 29.7 Å². The van der Waals surface area contributed by atoms with Crippen LogP contribution in [0.3, 0.4) is 0 Å². The lowest BCUT2D eigenvalue weighted by molar-refractivity contribution is 0.0836. The van der Waals surface area contributed by atoms with Gasteiger partial charge in [0.05, 0.1) is 16.9 Å². The number of methoxy groups -OCH3 is 1. The zero-order valence-electron chi connectivity index (χ0n) is 19.0. The van der Waals surface area contributed by atoms with E-state index in [2.05, 4.69) is 0 Å². The minimum atomic E-state index is -4.11. The van der Waals surface area contributed by atoms with Crippen LogP contribution in [0.2, 0.25) is 0 Å². The van der Waals surface area contributed by atoms with Crippen LogP contribution in [-0.2, 0) is 28.6 Å². The number of hydrogen-bond acceptors (Lipinski definition) is 8. The van der Waals surface area contributed by atoms with Gasteiger partial charge in [0, 0.05) is 0 Å². The molecule has 0 bridgehead atoms. The first-order chi connectivity index (χ1) is 16.1. The molecule has 0 spiro atoms. The molecule has 34 heavy (non-hydrogen) atoms. The fraction of sp³-hybridized carbons (Fsp3) is 0.250. The minimum absolute atomic E-state index is 0.0256. The third-order valence-corrected chi connectivity index (χ3v) is 7.39. The maximum absolute atomic E-state index is 12.6. The van der Waals surface area contributed by atoms with E-state index in [0.717, 1.165) is 11.1 Å². The summed E-state index contributed by atoms with van der Waals surface area (Å²) in [6.07, 6.45) is -1.09. The normalized spacial score (nSPS) is 12.0. The number of hydrogen-bond donors (Lipinski definition) is 0. The Kier molecular flexibility index (Phi) is 8.32. The molecule has 3 aromatic rings. The van der Waals surface area contributed by atoms with Crippen molar-refractivity contribution in [3.8, 4) is 11.5 Å². The van der Waals surface area contributed by atoms with Gasteiger partial charge in [-0.15, -0.1) is 0 Å². The zero-order valence-corrected chi connectivity index (χ0v) is 20.6. The summed E-state index contributed by atoms with van der Waals surface area (Å²) < 4.78 is 71.9. The number of para-hydroxylation sites is 2. The van der Waals surface area contributed by atoms with Crippen molar-refractivity contribution in [1.82, 2.24) is 0 Å². The van der Waals surface area contributed by atoms with Gasteiger partial charge in [-0.1, -0.05) is 47.5 Å². The van der Waals surface area contributed by atoms with Crippen LogP contribution in [0.4, 0.5) is 0 Å². The molecule has 3 rings (SSSR count). The molecular formula is C24H26O8S2. The van der Waals surface area contributed by atoms with Crippen molar-refractivity contribution in [3.05, 3.63) is 83.9 Å². The second kappa shape index (κ2) is 11.0. The standard InChI is InChI=1S/C24H26O8S2/c1-18-8-12-21(13-9-18)33(25,26)30-16-20(32-24-7-5-4-6-23(24)29-3)17-31-34(27,28)22-14-10-19(2)11-15-22/h4-15,20H,16-17H2,1-3H3. The molecule has 3 aromatic carbocycles. The van der Waals surface area contributed by atoms with Crippen LogP contribution in [0.15, 0.2) is 82.6 Å². The van der Waals surface area contributed by atoms with E-state index >= 15 is 0 Å². The van der Waals surface area contributed by atoms with E-state index in [-0.39, 0.29) is 15.5 Å². The van der Waals surface area contributed by atoms with Crippen LogP contribution < -0.4 is 9.47 Å². The maximum atomic E-state index is 12.6. The van der Waals surface area contributed by atoms with Crippen LogP contribution in [0.5, 0.6) is 11.5 Å². The Morgan fingerprint density at radius 2 is 1.06 bits per heavy atom. The monoisotopic (exact) mass is 506 g/mol. The highest BCUT2D eigenvalue weighted by Crippen LogP contribution is 2.27. The highest BCUT2D eigenvalue weighted by atomic mass is 32.2. The first kappa shape index (κ1) is 25.7. The van der Waals surface area contributed by atoms with Crippen LogP contribution >= 0.6 is 0 Å². The molecule has 8 nitrogen and oxygen atoms in total. The van der Waals surface area contributed by atoms with Gasteiger partial charge in [0.2, 0.25) is 0 Å². The predicted octanol–water partition coefficient (Wildman–Crippen LogP) is 3.87. The van der Waals surface area contributed by atoms with Crippen molar-refractivity contribution in [3.63, 3.8) is 0 Å². The van der Waals surface area contributed by atoms with Gasteiger partial charge in [0.1, 0.15) is 19.3 Å². The van der Waals surface area contributed by atoms with E-state index < -0.39 is 39.6 Å². The molecule has 0 atom stereocenters. The van der Waals surface area contributed by atoms with E-state index in [1.807, 2.05) is 13.8 Å². The average Bonchev–Trinajstić information content (AvgIpc) is 2.81. The van der Waals surface area contributed by atoms with Gasteiger partial charge in [-0.2, -0.15) is 16.8 Å². The second-order valence-corrected chi connectivity index (χ2v) is 10.7. The first-order valence-electron chi connectivity index (χ1n) is 10.3. The summed E-state index contributed by atoms with van der Waals surface area (Å²) in [4.78, 5) is -0.0512. The summed E-state index contributed by atoms with van der Waals surface area (Å²) >= 11 is 0. The summed E-state index contributed by atoms with van der Waals surface area (Å²) in [6.45, 7) is 2.69. The maximum Gasteiger partial charge on any atom is 0.297 e. The molecule has 0 aliphatic rings. The Hall–Kier alpha value is -2.92. The molecule has 0 saturated carbocycles. The van der Waals surface area contributed by atoms with Gasteiger partial charge in [0.25, 0.3) is 20.2 Å². The SMILES string of the molecule is COc1ccccc1OC(COS(=O)(=O)c1ccc(C)cc1)COS(=O)(=O)c1ccc(C)cc1. The largest absolute Gasteiger partial charge is 0.493 e. The summed E-state index contributed by atoms with van der Waals surface area (Å²) in [5.74, 6) is 0.665. The lowest BCUT2D eigenvalue weighted by atomic mass is 10.2. The number of benzene rings is 3. The summed E-state index contributed by atoms with van der Waals surface area (Å²) in [7, 11) is -6.76. The molecule has 182 valence electrons. The van der Waals surface area contributed by atoms with Crippen LogP contribution in [-0.4, -0.2) is 43.3 Å². The quantitative estimate of drug-likeness (QED) is 0.361. The summed E-state index contributed by atoms with van der Waals surface area (Å²) in [6, 6.07) is 19.0. The van der Waals surface area contributed by atoms with E-state index in [9.17, 15) is 16.8 Å². The lowest BCUT2D eigenvalue weighted by Crippen LogP contribution is -2.31. The molecule has 0 aliphatic heterocycles. The van der Waals surface area contributed by atoms with Gasteiger partial charge < -0.3 is 9.47 Å². The van der Waals surface area contributed by atoms with Crippen molar-refractivity contribution >= 4 is 20.2 Å². The number of aryl methyl sites for hydroxylation is 2. The second-order valence-electron chi connectivity index (χ2n) is 7.49. The number of rotatable bonds is 11. The molecular weight excluding hydrogens is 480 g/mol. The molecule has 0 fully saturated rings. The summed E-state index contributed by atoms with van der Waals surface area (Å²) in [5.41, 5.74) is 1.79. The van der Waals surface area contributed by atoms with Gasteiger partial charge in [-0.3, -0.25) is 8.37 Å². The van der Waals surface area contributed by atoms with E-state index in [0.29, 0.717) is 5.75 Å². The van der Waals surface area contributed by atoms with Crippen molar-refractivity contribution in [2.24, 2.45) is 0 Å². The van der Waals surface area contributed by atoms with Gasteiger partial charge >= 0.3 is 0 Å². The Bertz CT molecular complexity index is 1220. The van der Waals surface area contributed by atoms with Crippen molar-refractivity contribution in [1.29, 1.82) is 0 Å². The fourth-order valence-corrected chi connectivity index (χ4v) is 4.76. The van der Waals surface area contributed by atoms with Gasteiger partial charge in [0.15, 0.2) is 11.5 Å². The molecule has 0 amide bonds. The fourth-order valence-electron chi connectivity index (χ4n) is 2.89. The van der Waals surface area contributed by atoms with Gasteiger partial charge in [-0.25, -0.2) is 0 Å². The van der Waals surface area contributed by atoms with E-state index in [4.69, 9.17) is 17.8 Å². The van der Waals surface area contributed by atoms with Crippen LogP contribution in [0.25, 0.3) is 0 Å². The van der Waals surface area contributed by atoms with E-state index in [1.165, 1.54) is 31.4 Å². The average molecular weight is 507 g/mol. The smallest absolute Gasteiger partial charge is 0.297 e. The molecule has 0 N–H and O–H groups in total. The number of ether oxygens (including phenoxy) is 2. The molecule has 10 heteroatoms. The zero-order chi connectivity index (χ0) is 24.8. The van der Waals surface area contributed by atoms with E-state index in [1.54, 1.807) is 48.5 Å². The highest BCUT2D eigenvalue weighted by Gasteiger charge is 2.24. The topological polar surface area (TPSA) is 105 Å².